The minimum atomic E-state index is -3.16. The van der Waals surface area contributed by atoms with Gasteiger partial charge in [0.05, 0.1) is 38.6 Å². The van der Waals surface area contributed by atoms with E-state index in [1.807, 2.05) is 28.8 Å². The summed E-state index contributed by atoms with van der Waals surface area (Å²) in [5.41, 5.74) is 5.23. The number of carboxylic acids is 1. The number of carboxylic acid groups (broad SMARTS) is 1. The van der Waals surface area contributed by atoms with Crippen molar-refractivity contribution < 1.29 is 27.5 Å². The van der Waals surface area contributed by atoms with Crippen LogP contribution in [0.4, 0.5) is 4.39 Å². The summed E-state index contributed by atoms with van der Waals surface area (Å²) in [7, 11) is -3.16. The fraction of sp³-hybridized carbons (Fsp3) is 0.324. The third-order valence-corrected chi connectivity index (χ3v) is 11.9. The Labute approximate surface area is 264 Å². The predicted octanol–water partition coefficient (Wildman–Crippen LogP) is 6.73. The van der Waals surface area contributed by atoms with Crippen molar-refractivity contribution in [2.45, 2.75) is 44.6 Å². The molecule has 4 heterocycles. The van der Waals surface area contributed by atoms with Crippen LogP contribution in [0.1, 0.15) is 53.3 Å². The molecule has 2 aromatic carbocycles. The van der Waals surface area contributed by atoms with Crippen molar-refractivity contribution in [1.29, 1.82) is 0 Å². The summed E-state index contributed by atoms with van der Waals surface area (Å²) in [5.74, 6) is -1.45. The van der Waals surface area contributed by atoms with Crippen LogP contribution in [0.5, 0.6) is 0 Å². The molecule has 1 saturated heterocycles. The summed E-state index contributed by atoms with van der Waals surface area (Å²) < 4.78 is 41.4. The van der Waals surface area contributed by atoms with E-state index in [0.29, 0.717) is 22.3 Å². The topological polar surface area (TPSA) is 110 Å². The third kappa shape index (κ3) is 5.63. The van der Waals surface area contributed by atoms with Crippen molar-refractivity contribution in [2.75, 3.05) is 24.6 Å². The van der Waals surface area contributed by atoms with Crippen LogP contribution in [0.25, 0.3) is 43.6 Å². The van der Waals surface area contributed by atoms with E-state index in [-0.39, 0.29) is 53.7 Å². The van der Waals surface area contributed by atoms with Crippen LogP contribution in [0, 0.1) is 5.82 Å². The molecule has 2 aliphatic rings. The Morgan fingerprint density at radius 2 is 1.73 bits per heavy atom. The van der Waals surface area contributed by atoms with Gasteiger partial charge in [0.1, 0.15) is 17.2 Å². The van der Waals surface area contributed by atoms with E-state index in [9.17, 15) is 27.5 Å². The number of nitrogens with zero attached hydrogens (tertiary/aromatic N) is 3. The first-order chi connectivity index (χ1) is 21.7. The Morgan fingerprint density at radius 1 is 0.978 bits per heavy atom. The van der Waals surface area contributed by atoms with E-state index in [1.54, 1.807) is 35.2 Å². The maximum absolute atomic E-state index is 14.5. The predicted molar refractivity (Wildman–Crippen MR) is 174 cm³/mol. The molecule has 8 nitrogen and oxygen atoms in total. The number of hydrogen-bond acceptors (Lipinski definition) is 6. The standard InChI is InChI=1S/C34H32FN3O5S2/c35-25-9-5-4-8-24(25)27-13-10-22-18-23(11-12-26(22)36-27)32-31(21-6-2-1-3-7-21)33-28(19-29(44-33)34(40)41)38(32)20-30(39)37-14-16-45(42,43)17-15-37/h4-5,8-13,18-19,21H,1-3,6-7,14-17,20H2,(H,40,41). The lowest BCUT2D eigenvalue weighted by molar-refractivity contribution is -0.131. The second-order valence-electron chi connectivity index (χ2n) is 11.9. The monoisotopic (exact) mass is 645 g/mol. The Balaban J connectivity index is 1.37. The van der Waals surface area contributed by atoms with Crippen molar-refractivity contribution >= 4 is 54.2 Å². The van der Waals surface area contributed by atoms with Crippen LogP contribution in [-0.2, 0) is 21.2 Å². The van der Waals surface area contributed by atoms with Crippen molar-refractivity contribution in [1.82, 2.24) is 14.5 Å². The van der Waals surface area contributed by atoms with Crippen molar-refractivity contribution in [2.24, 2.45) is 0 Å². The number of halogens is 1. The van der Waals surface area contributed by atoms with E-state index < -0.39 is 15.8 Å². The van der Waals surface area contributed by atoms with E-state index in [2.05, 4.69) is 0 Å². The van der Waals surface area contributed by atoms with E-state index >= 15 is 0 Å². The fourth-order valence-corrected chi connectivity index (χ4v) is 9.11. The summed E-state index contributed by atoms with van der Waals surface area (Å²) in [6.45, 7) is 0.260. The van der Waals surface area contributed by atoms with Gasteiger partial charge in [-0.1, -0.05) is 43.5 Å². The molecular formula is C34H32FN3O5S2. The smallest absolute Gasteiger partial charge is 0.345 e. The number of sulfone groups is 1. The molecule has 5 aromatic rings. The molecule has 7 rings (SSSR count). The number of aromatic carboxylic acids is 1. The normalized spacial score (nSPS) is 17.2. The molecule has 0 radical (unpaired) electrons. The third-order valence-electron chi connectivity index (χ3n) is 9.10. The largest absolute Gasteiger partial charge is 0.477 e. The molecular weight excluding hydrogens is 614 g/mol. The Hall–Kier alpha value is -4.09. The second-order valence-corrected chi connectivity index (χ2v) is 15.3. The minimum absolute atomic E-state index is 0.0309. The maximum atomic E-state index is 14.5. The number of carbonyl (C=O) groups is 2. The van der Waals surface area contributed by atoms with Gasteiger partial charge in [0.15, 0.2) is 9.84 Å². The van der Waals surface area contributed by atoms with Gasteiger partial charge < -0.3 is 14.6 Å². The molecule has 0 spiro atoms. The number of carbonyl (C=O) groups excluding carboxylic acids is 1. The lowest BCUT2D eigenvalue weighted by atomic mass is 9.83. The highest BCUT2D eigenvalue weighted by Gasteiger charge is 2.31. The van der Waals surface area contributed by atoms with Crippen LogP contribution in [0.3, 0.4) is 0 Å². The van der Waals surface area contributed by atoms with E-state index in [4.69, 9.17) is 4.98 Å². The number of fused-ring (bicyclic) bond motifs is 2. The molecule has 1 amide bonds. The van der Waals surface area contributed by atoms with Gasteiger partial charge in [-0.15, -0.1) is 11.3 Å². The van der Waals surface area contributed by atoms with E-state index in [1.165, 1.54) is 17.4 Å². The highest BCUT2D eigenvalue weighted by Crippen LogP contribution is 2.47. The van der Waals surface area contributed by atoms with Crippen molar-refractivity contribution in [3.8, 4) is 22.5 Å². The molecule has 1 N–H and O–H groups in total. The number of pyridine rings is 1. The molecule has 1 aliphatic carbocycles. The molecule has 3 aromatic heterocycles. The minimum Gasteiger partial charge on any atom is -0.477 e. The number of benzene rings is 2. The molecule has 45 heavy (non-hydrogen) atoms. The first-order valence-corrected chi connectivity index (χ1v) is 17.9. The number of amides is 1. The molecule has 2 fully saturated rings. The summed E-state index contributed by atoms with van der Waals surface area (Å²) in [6, 6.07) is 17.8. The van der Waals surface area contributed by atoms with Crippen LogP contribution >= 0.6 is 11.3 Å². The highest BCUT2D eigenvalue weighted by atomic mass is 32.2. The Bertz CT molecular complexity index is 2060. The molecule has 1 saturated carbocycles. The lowest BCUT2D eigenvalue weighted by Crippen LogP contribution is -2.45. The fourth-order valence-electron chi connectivity index (χ4n) is 6.79. The summed E-state index contributed by atoms with van der Waals surface area (Å²) >= 11 is 1.25. The Morgan fingerprint density at radius 3 is 2.47 bits per heavy atom. The number of thiophene rings is 1. The molecule has 0 bridgehead atoms. The van der Waals surface area contributed by atoms with Gasteiger partial charge in [0.2, 0.25) is 5.91 Å². The van der Waals surface area contributed by atoms with Gasteiger partial charge in [0.25, 0.3) is 0 Å². The first-order valence-electron chi connectivity index (χ1n) is 15.2. The Kier molecular flexibility index (Phi) is 7.69. The molecule has 232 valence electrons. The van der Waals surface area contributed by atoms with Crippen LogP contribution in [-0.4, -0.2) is 64.4 Å². The number of rotatable bonds is 6. The van der Waals surface area contributed by atoms with Gasteiger partial charge in [0, 0.05) is 24.0 Å². The molecule has 0 unspecified atom stereocenters. The average Bonchev–Trinajstić information content (AvgIpc) is 3.59. The number of aromatic nitrogens is 2. The van der Waals surface area contributed by atoms with Crippen molar-refractivity contribution in [3.05, 3.63) is 76.9 Å². The lowest BCUT2D eigenvalue weighted by Gasteiger charge is -2.28. The van der Waals surface area contributed by atoms with Crippen LogP contribution in [0.15, 0.2) is 60.7 Å². The van der Waals surface area contributed by atoms with Crippen LogP contribution < -0.4 is 0 Å². The summed E-state index contributed by atoms with van der Waals surface area (Å²) in [5, 5.41) is 10.8. The first kappa shape index (κ1) is 29.6. The van der Waals surface area contributed by atoms with Gasteiger partial charge in [-0.3, -0.25) is 4.79 Å². The zero-order chi connectivity index (χ0) is 31.3. The molecule has 1 aliphatic heterocycles. The molecule has 11 heteroatoms. The second kappa shape index (κ2) is 11.7. The van der Waals surface area contributed by atoms with Gasteiger partial charge in [-0.2, -0.15) is 0 Å². The SMILES string of the molecule is O=C(O)c1cc2c(s1)c(C1CCCCC1)c(-c1ccc3nc(-c4ccccc4F)ccc3c1)n2CC(=O)N1CCS(=O)(=O)CC1. The van der Waals surface area contributed by atoms with Gasteiger partial charge in [-0.25, -0.2) is 22.6 Å². The van der Waals surface area contributed by atoms with Gasteiger partial charge >= 0.3 is 5.97 Å². The molecule has 0 atom stereocenters. The zero-order valence-corrected chi connectivity index (χ0v) is 26.2. The maximum Gasteiger partial charge on any atom is 0.345 e. The van der Waals surface area contributed by atoms with Crippen LogP contribution in [0.2, 0.25) is 0 Å². The average molecular weight is 646 g/mol. The summed E-state index contributed by atoms with van der Waals surface area (Å²) in [4.78, 5) is 32.3. The van der Waals surface area contributed by atoms with Crippen molar-refractivity contribution in [3.63, 3.8) is 0 Å². The summed E-state index contributed by atoms with van der Waals surface area (Å²) in [6.07, 6.45) is 5.27. The van der Waals surface area contributed by atoms with E-state index in [0.717, 1.165) is 59.0 Å². The van der Waals surface area contributed by atoms with Gasteiger partial charge in [-0.05, 0) is 66.3 Å². The highest BCUT2D eigenvalue weighted by molar-refractivity contribution is 7.91. The zero-order valence-electron chi connectivity index (χ0n) is 24.5. The quantitative estimate of drug-likeness (QED) is 0.219. The number of hydrogen-bond donors (Lipinski definition) is 1.